The summed E-state index contributed by atoms with van der Waals surface area (Å²) in [5.74, 6) is 0. The molecule has 0 fully saturated rings. The van der Waals surface area contributed by atoms with Gasteiger partial charge in [-0.05, 0) is 35.4 Å². The maximum absolute atomic E-state index is 11.8. The Hall–Kier alpha value is -1.48. The molecular weight excluding hydrogens is 326 g/mol. The van der Waals surface area contributed by atoms with Gasteiger partial charge in [0, 0.05) is 11.4 Å². The molecule has 0 radical (unpaired) electrons. The highest BCUT2D eigenvalue weighted by molar-refractivity contribution is 7.29. The first-order valence-corrected chi connectivity index (χ1v) is 8.81. The molecule has 5 nitrogen and oxygen atoms in total. The molecule has 2 amide bonds. The number of aliphatic hydroxyl groups is 1. The van der Waals surface area contributed by atoms with E-state index in [2.05, 4.69) is 21.7 Å². The van der Waals surface area contributed by atoms with Crippen molar-refractivity contribution in [3.63, 3.8) is 0 Å². The van der Waals surface area contributed by atoms with E-state index in [0.29, 0.717) is 5.13 Å². The quantitative estimate of drug-likeness (QED) is 0.680. The summed E-state index contributed by atoms with van der Waals surface area (Å²) in [6.07, 6.45) is -0.690. The predicted octanol–water partition coefficient (Wildman–Crippen LogP) is 3.58. The van der Waals surface area contributed by atoms with Gasteiger partial charge in [-0.15, -0.1) is 11.3 Å². The van der Waals surface area contributed by atoms with Crippen molar-refractivity contribution in [2.45, 2.75) is 13.0 Å². The van der Waals surface area contributed by atoms with Gasteiger partial charge in [0.1, 0.15) is 4.83 Å². The number of nitrogens with zero attached hydrogens (tertiary/aromatic N) is 1. The Morgan fingerprint density at radius 3 is 3.05 bits per heavy atom. The van der Waals surface area contributed by atoms with Gasteiger partial charge in [0.2, 0.25) is 0 Å². The smallest absolute Gasteiger partial charge is 0.321 e. The molecule has 0 aromatic carbocycles. The number of fused-ring (bicyclic) bond motifs is 1. The van der Waals surface area contributed by atoms with Gasteiger partial charge in [0.05, 0.1) is 10.8 Å². The summed E-state index contributed by atoms with van der Waals surface area (Å²) in [5.41, 5.74) is 0.811. The number of carbonyl (C=O) groups is 1. The minimum Gasteiger partial charge on any atom is -0.387 e. The summed E-state index contributed by atoms with van der Waals surface area (Å²) in [6.45, 7) is 2.20. The average Bonchev–Trinajstić information content (AvgIpc) is 3.11. The summed E-state index contributed by atoms with van der Waals surface area (Å²) in [6, 6.07) is 3.54. The van der Waals surface area contributed by atoms with Crippen molar-refractivity contribution in [2.75, 3.05) is 11.9 Å². The minimum atomic E-state index is -0.690. The van der Waals surface area contributed by atoms with Crippen LogP contribution < -0.4 is 10.6 Å². The van der Waals surface area contributed by atoms with Crippen molar-refractivity contribution in [1.82, 2.24) is 10.3 Å². The molecule has 3 heterocycles. The van der Waals surface area contributed by atoms with Gasteiger partial charge in [-0.1, -0.05) is 11.3 Å². The number of rotatable bonds is 4. The zero-order valence-corrected chi connectivity index (χ0v) is 13.6. The molecule has 110 valence electrons. The van der Waals surface area contributed by atoms with Crippen LogP contribution in [0.2, 0.25) is 0 Å². The molecule has 21 heavy (non-hydrogen) atoms. The SMILES string of the molecule is Cc1cc2sc(NC(=O)NCC(O)c3ccsc3)nc2s1. The molecule has 1 unspecified atom stereocenters. The van der Waals surface area contributed by atoms with Gasteiger partial charge in [-0.25, -0.2) is 9.78 Å². The van der Waals surface area contributed by atoms with E-state index in [1.807, 2.05) is 23.8 Å². The van der Waals surface area contributed by atoms with Gasteiger partial charge in [0.25, 0.3) is 0 Å². The van der Waals surface area contributed by atoms with E-state index in [-0.39, 0.29) is 12.6 Å². The van der Waals surface area contributed by atoms with E-state index in [4.69, 9.17) is 0 Å². The standard InChI is InChI=1S/C13H13N3O2S3/c1-7-4-10-11(20-7)15-13(21-10)16-12(18)14-5-9(17)8-2-3-19-6-8/h2-4,6,9,17H,5H2,1H3,(H2,14,15,16,18). The van der Waals surface area contributed by atoms with Crippen molar-refractivity contribution < 1.29 is 9.90 Å². The maximum Gasteiger partial charge on any atom is 0.321 e. The van der Waals surface area contributed by atoms with E-state index in [0.717, 1.165) is 15.1 Å². The van der Waals surface area contributed by atoms with E-state index < -0.39 is 6.10 Å². The number of thiophene rings is 2. The molecule has 0 spiro atoms. The molecule has 3 aromatic rings. The Morgan fingerprint density at radius 2 is 2.33 bits per heavy atom. The fraction of sp³-hybridized carbons (Fsp3) is 0.231. The number of nitrogens with one attached hydrogen (secondary N) is 2. The van der Waals surface area contributed by atoms with Crippen molar-refractivity contribution in [3.05, 3.63) is 33.3 Å². The molecule has 3 N–H and O–H groups in total. The van der Waals surface area contributed by atoms with E-state index in [9.17, 15) is 9.90 Å². The predicted molar refractivity (Wildman–Crippen MR) is 88.5 cm³/mol. The summed E-state index contributed by atoms with van der Waals surface area (Å²) in [5, 5.41) is 19.5. The number of urea groups is 1. The number of anilines is 1. The molecule has 8 heteroatoms. The fourth-order valence-corrected chi connectivity index (χ4v) is 4.54. The Balaban J connectivity index is 1.55. The molecule has 0 aliphatic heterocycles. The second-order valence-electron chi connectivity index (χ2n) is 4.45. The number of thiazole rings is 1. The second-order valence-corrected chi connectivity index (χ2v) is 7.50. The molecule has 3 rings (SSSR count). The van der Waals surface area contributed by atoms with Gasteiger partial charge >= 0.3 is 6.03 Å². The molecule has 0 aliphatic carbocycles. The Kier molecular flexibility index (Phi) is 4.20. The fourth-order valence-electron chi connectivity index (χ4n) is 1.82. The lowest BCUT2D eigenvalue weighted by atomic mass is 10.2. The highest BCUT2D eigenvalue weighted by Crippen LogP contribution is 2.32. The number of hydrogen-bond acceptors (Lipinski definition) is 6. The highest BCUT2D eigenvalue weighted by atomic mass is 32.1. The van der Waals surface area contributed by atoms with Crippen LogP contribution in [-0.4, -0.2) is 22.7 Å². The summed E-state index contributed by atoms with van der Waals surface area (Å²) in [4.78, 5) is 18.3. The van der Waals surface area contributed by atoms with Gasteiger partial charge in [-0.2, -0.15) is 11.3 Å². The van der Waals surface area contributed by atoms with Crippen molar-refractivity contribution in [3.8, 4) is 0 Å². The largest absolute Gasteiger partial charge is 0.387 e. The third kappa shape index (κ3) is 3.41. The number of hydrogen-bond donors (Lipinski definition) is 3. The monoisotopic (exact) mass is 339 g/mol. The third-order valence-corrected chi connectivity index (χ3v) is 5.51. The topological polar surface area (TPSA) is 74.2 Å². The van der Waals surface area contributed by atoms with Crippen LogP contribution in [0.15, 0.2) is 22.9 Å². The molecular formula is C13H13N3O2S3. The number of aryl methyl sites for hydroxylation is 1. The highest BCUT2D eigenvalue weighted by Gasteiger charge is 2.12. The summed E-state index contributed by atoms with van der Waals surface area (Å²) >= 11 is 4.56. The first-order valence-electron chi connectivity index (χ1n) is 6.24. The molecule has 0 bridgehead atoms. The Bertz CT molecular complexity index is 716. The first kappa shape index (κ1) is 14.5. The van der Waals surface area contributed by atoms with E-state index >= 15 is 0 Å². The van der Waals surface area contributed by atoms with Crippen molar-refractivity contribution in [2.24, 2.45) is 0 Å². The first-order chi connectivity index (χ1) is 10.1. The third-order valence-electron chi connectivity index (χ3n) is 2.82. The molecule has 0 saturated heterocycles. The van der Waals surface area contributed by atoms with Crippen LogP contribution in [0.1, 0.15) is 16.5 Å². The zero-order chi connectivity index (χ0) is 14.8. The second kappa shape index (κ2) is 6.10. The minimum absolute atomic E-state index is 0.168. The van der Waals surface area contributed by atoms with Crippen molar-refractivity contribution in [1.29, 1.82) is 0 Å². The number of aromatic nitrogens is 1. The maximum atomic E-state index is 11.8. The van der Waals surface area contributed by atoms with Gasteiger partial charge in [-0.3, -0.25) is 5.32 Å². The zero-order valence-electron chi connectivity index (χ0n) is 11.1. The van der Waals surface area contributed by atoms with Crippen LogP contribution in [0.25, 0.3) is 9.53 Å². The van der Waals surface area contributed by atoms with E-state index in [1.165, 1.54) is 27.6 Å². The number of aliphatic hydroxyl groups excluding tert-OH is 1. The Labute approximate surface area is 133 Å². The van der Waals surface area contributed by atoms with E-state index in [1.54, 1.807) is 11.3 Å². The van der Waals surface area contributed by atoms with Crippen LogP contribution in [0.4, 0.5) is 9.93 Å². The normalized spacial score (nSPS) is 12.5. The van der Waals surface area contributed by atoms with Crippen LogP contribution in [-0.2, 0) is 0 Å². The van der Waals surface area contributed by atoms with Crippen LogP contribution in [0, 0.1) is 6.92 Å². The number of carbonyl (C=O) groups excluding carboxylic acids is 1. The van der Waals surface area contributed by atoms with Gasteiger partial charge < -0.3 is 10.4 Å². The van der Waals surface area contributed by atoms with Crippen molar-refractivity contribution >= 4 is 54.7 Å². The van der Waals surface area contributed by atoms with Gasteiger partial charge in [0.15, 0.2) is 5.13 Å². The molecule has 0 saturated carbocycles. The van der Waals surface area contributed by atoms with Crippen LogP contribution >= 0.6 is 34.0 Å². The lowest BCUT2D eigenvalue weighted by Gasteiger charge is -2.10. The molecule has 3 aromatic heterocycles. The number of amides is 2. The van der Waals surface area contributed by atoms with Crippen LogP contribution in [0.5, 0.6) is 0 Å². The lowest BCUT2D eigenvalue weighted by Crippen LogP contribution is -2.32. The average molecular weight is 339 g/mol. The Morgan fingerprint density at radius 1 is 1.48 bits per heavy atom. The summed E-state index contributed by atoms with van der Waals surface area (Å²) in [7, 11) is 0. The van der Waals surface area contributed by atoms with Crippen LogP contribution in [0.3, 0.4) is 0 Å². The molecule has 1 atom stereocenters. The lowest BCUT2D eigenvalue weighted by molar-refractivity contribution is 0.175. The molecule has 0 aliphatic rings. The summed E-state index contributed by atoms with van der Waals surface area (Å²) < 4.78 is 1.08.